The molecule has 2 nitrogen and oxygen atoms in total. The maximum Gasteiger partial charge on any atom is 0.113 e. The Bertz CT molecular complexity index is 409. The summed E-state index contributed by atoms with van der Waals surface area (Å²) in [5, 5.41) is 7.46. The Balaban J connectivity index is 2.27. The minimum absolute atomic E-state index is 0.153. The molecule has 0 amide bonds. The van der Waals surface area contributed by atoms with Gasteiger partial charge in [-0.1, -0.05) is 53.4 Å². The van der Waals surface area contributed by atoms with E-state index in [0.717, 1.165) is 6.54 Å². The van der Waals surface area contributed by atoms with E-state index in [1.165, 1.54) is 55.6 Å². The standard InChI is InChI=1S/C17H30N2S/c1-5-12-18-17(10-8-6-7-9-11-17)15-19-14(13-20-15)16(2,3)4/h13,18H,5-12H2,1-4H3. The highest BCUT2D eigenvalue weighted by Gasteiger charge is 2.35. The number of hydrogen-bond donors (Lipinski definition) is 1. The molecule has 0 spiro atoms. The maximum absolute atomic E-state index is 5.03. The van der Waals surface area contributed by atoms with Gasteiger partial charge in [-0.15, -0.1) is 11.3 Å². The fourth-order valence-corrected chi connectivity index (χ4v) is 4.28. The first-order valence-corrected chi connectivity index (χ1v) is 9.07. The van der Waals surface area contributed by atoms with Crippen LogP contribution in [0.1, 0.15) is 83.3 Å². The molecule has 1 fully saturated rings. The van der Waals surface area contributed by atoms with Crippen molar-refractivity contribution in [3.8, 4) is 0 Å². The van der Waals surface area contributed by atoms with Crippen molar-refractivity contribution in [2.45, 2.75) is 83.6 Å². The van der Waals surface area contributed by atoms with Crippen LogP contribution >= 0.6 is 11.3 Å². The van der Waals surface area contributed by atoms with E-state index in [1.807, 2.05) is 11.3 Å². The Morgan fingerprint density at radius 1 is 1.20 bits per heavy atom. The molecule has 1 N–H and O–H groups in total. The van der Waals surface area contributed by atoms with Gasteiger partial charge in [0, 0.05) is 10.8 Å². The molecule has 3 heteroatoms. The van der Waals surface area contributed by atoms with E-state index < -0.39 is 0 Å². The molecule has 0 atom stereocenters. The first kappa shape index (κ1) is 16.0. The molecule has 0 aliphatic heterocycles. The van der Waals surface area contributed by atoms with Crippen molar-refractivity contribution in [1.82, 2.24) is 10.3 Å². The molecule has 0 unspecified atom stereocenters. The Morgan fingerprint density at radius 2 is 1.85 bits per heavy atom. The molecular weight excluding hydrogens is 264 g/mol. The predicted octanol–water partition coefficient (Wildman–Crippen LogP) is 4.99. The zero-order valence-electron chi connectivity index (χ0n) is 13.6. The molecular formula is C17H30N2S. The summed E-state index contributed by atoms with van der Waals surface area (Å²) < 4.78 is 0. The predicted molar refractivity (Wildman–Crippen MR) is 88.5 cm³/mol. The fraction of sp³-hybridized carbons (Fsp3) is 0.824. The number of thiazole rings is 1. The zero-order valence-corrected chi connectivity index (χ0v) is 14.4. The third-order valence-corrected chi connectivity index (χ3v) is 5.40. The summed E-state index contributed by atoms with van der Waals surface area (Å²) >= 11 is 1.87. The Labute approximate surface area is 128 Å². The summed E-state index contributed by atoms with van der Waals surface area (Å²) in [5.74, 6) is 0. The van der Waals surface area contributed by atoms with E-state index in [4.69, 9.17) is 4.98 Å². The SMILES string of the molecule is CCCNC1(c2nc(C(C)(C)C)cs2)CCCCCC1. The molecule has 0 aromatic carbocycles. The smallest absolute Gasteiger partial charge is 0.113 e. The third kappa shape index (κ3) is 3.62. The molecule has 1 saturated carbocycles. The summed E-state index contributed by atoms with van der Waals surface area (Å²) in [4.78, 5) is 5.03. The molecule has 1 aromatic rings. The first-order chi connectivity index (χ1) is 9.48. The second kappa shape index (κ2) is 6.57. The lowest BCUT2D eigenvalue weighted by atomic mass is 9.89. The molecule has 1 aliphatic rings. The van der Waals surface area contributed by atoms with Crippen LogP contribution in [-0.2, 0) is 11.0 Å². The lowest BCUT2D eigenvalue weighted by Gasteiger charge is -2.32. The minimum atomic E-state index is 0.153. The van der Waals surface area contributed by atoms with Gasteiger partial charge in [0.2, 0.25) is 0 Å². The van der Waals surface area contributed by atoms with Gasteiger partial charge in [0.05, 0.1) is 11.2 Å². The molecule has 1 aliphatic carbocycles. The van der Waals surface area contributed by atoms with Gasteiger partial charge in [0.25, 0.3) is 0 Å². The fourth-order valence-electron chi connectivity index (χ4n) is 3.00. The van der Waals surface area contributed by atoms with Crippen LogP contribution < -0.4 is 5.32 Å². The first-order valence-electron chi connectivity index (χ1n) is 8.19. The van der Waals surface area contributed by atoms with Crippen molar-refractivity contribution in [3.05, 3.63) is 16.1 Å². The summed E-state index contributed by atoms with van der Waals surface area (Å²) in [7, 11) is 0. The number of aromatic nitrogens is 1. The van der Waals surface area contributed by atoms with Gasteiger partial charge < -0.3 is 5.32 Å². The summed E-state index contributed by atoms with van der Waals surface area (Å²) in [6, 6.07) is 0. The van der Waals surface area contributed by atoms with Crippen LogP contribution in [-0.4, -0.2) is 11.5 Å². The van der Waals surface area contributed by atoms with E-state index >= 15 is 0 Å². The van der Waals surface area contributed by atoms with Crippen molar-refractivity contribution in [1.29, 1.82) is 0 Å². The van der Waals surface area contributed by atoms with E-state index in [-0.39, 0.29) is 11.0 Å². The van der Waals surface area contributed by atoms with Crippen LogP contribution in [0.15, 0.2) is 5.38 Å². The second-order valence-electron chi connectivity index (χ2n) is 7.21. The van der Waals surface area contributed by atoms with Gasteiger partial charge in [-0.05, 0) is 25.8 Å². The molecule has 114 valence electrons. The highest BCUT2D eigenvalue weighted by molar-refractivity contribution is 7.09. The van der Waals surface area contributed by atoms with Crippen molar-refractivity contribution >= 4 is 11.3 Å². The van der Waals surface area contributed by atoms with Crippen molar-refractivity contribution in [2.24, 2.45) is 0 Å². The molecule has 1 aromatic heterocycles. The molecule has 0 radical (unpaired) electrons. The third-order valence-electron chi connectivity index (χ3n) is 4.35. The molecule has 1 heterocycles. The highest BCUT2D eigenvalue weighted by Crippen LogP contribution is 2.39. The van der Waals surface area contributed by atoms with Gasteiger partial charge in [-0.25, -0.2) is 4.98 Å². The maximum atomic E-state index is 5.03. The summed E-state index contributed by atoms with van der Waals surface area (Å²) in [6.07, 6.45) is 9.13. The zero-order chi connectivity index (χ0) is 14.6. The average molecular weight is 295 g/mol. The van der Waals surface area contributed by atoms with E-state index in [2.05, 4.69) is 38.4 Å². The second-order valence-corrected chi connectivity index (χ2v) is 8.07. The van der Waals surface area contributed by atoms with Crippen LogP contribution in [0.4, 0.5) is 0 Å². The van der Waals surface area contributed by atoms with Crippen LogP contribution in [0.3, 0.4) is 0 Å². The quantitative estimate of drug-likeness (QED) is 0.791. The summed E-state index contributed by atoms with van der Waals surface area (Å²) in [6.45, 7) is 10.1. The van der Waals surface area contributed by atoms with Gasteiger partial charge in [-0.3, -0.25) is 0 Å². The number of hydrogen-bond acceptors (Lipinski definition) is 3. The van der Waals surface area contributed by atoms with E-state index in [0.29, 0.717) is 0 Å². The monoisotopic (exact) mass is 294 g/mol. The number of nitrogens with zero attached hydrogens (tertiary/aromatic N) is 1. The number of nitrogens with one attached hydrogen (secondary N) is 1. The molecule has 0 saturated heterocycles. The molecule has 2 rings (SSSR count). The Kier molecular flexibility index (Phi) is 5.25. The van der Waals surface area contributed by atoms with Crippen LogP contribution in [0.25, 0.3) is 0 Å². The lowest BCUT2D eigenvalue weighted by Crippen LogP contribution is -2.42. The van der Waals surface area contributed by atoms with Gasteiger partial charge in [0.15, 0.2) is 0 Å². The highest BCUT2D eigenvalue weighted by atomic mass is 32.1. The topological polar surface area (TPSA) is 24.9 Å². The van der Waals surface area contributed by atoms with Gasteiger partial charge >= 0.3 is 0 Å². The van der Waals surface area contributed by atoms with Crippen LogP contribution in [0.2, 0.25) is 0 Å². The van der Waals surface area contributed by atoms with Gasteiger partial charge in [0.1, 0.15) is 5.01 Å². The summed E-state index contributed by atoms with van der Waals surface area (Å²) in [5.41, 5.74) is 1.56. The van der Waals surface area contributed by atoms with Crippen LogP contribution in [0.5, 0.6) is 0 Å². The lowest BCUT2D eigenvalue weighted by molar-refractivity contribution is 0.289. The van der Waals surface area contributed by atoms with Crippen LogP contribution in [0, 0.1) is 0 Å². The van der Waals surface area contributed by atoms with E-state index in [1.54, 1.807) is 0 Å². The van der Waals surface area contributed by atoms with Crippen molar-refractivity contribution < 1.29 is 0 Å². The largest absolute Gasteiger partial charge is 0.305 e. The molecule has 20 heavy (non-hydrogen) atoms. The average Bonchev–Trinajstić information content (AvgIpc) is 2.79. The van der Waals surface area contributed by atoms with Crippen molar-refractivity contribution in [3.63, 3.8) is 0 Å². The minimum Gasteiger partial charge on any atom is -0.305 e. The Hall–Kier alpha value is -0.410. The Morgan fingerprint density at radius 3 is 2.35 bits per heavy atom. The normalized spacial score (nSPS) is 19.8. The van der Waals surface area contributed by atoms with Crippen molar-refractivity contribution in [2.75, 3.05) is 6.54 Å². The number of rotatable bonds is 4. The van der Waals surface area contributed by atoms with Gasteiger partial charge in [-0.2, -0.15) is 0 Å². The molecule has 0 bridgehead atoms. The van der Waals surface area contributed by atoms with E-state index in [9.17, 15) is 0 Å².